The molecule has 0 amide bonds. The molecule has 1 aliphatic carbocycles. The van der Waals surface area contributed by atoms with Crippen LogP contribution in [-0.4, -0.2) is 51.5 Å². The van der Waals surface area contributed by atoms with Gasteiger partial charge in [-0.25, -0.2) is 9.97 Å². The van der Waals surface area contributed by atoms with E-state index in [9.17, 15) is 9.90 Å². The Morgan fingerprint density at radius 1 is 1.26 bits per heavy atom. The molecule has 6 nitrogen and oxygen atoms in total. The van der Waals surface area contributed by atoms with E-state index in [1.54, 1.807) is 6.20 Å². The molecule has 8 heteroatoms. The summed E-state index contributed by atoms with van der Waals surface area (Å²) in [5.41, 5.74) is 4.12. The average Bonchev–Trinajstić information content (AvgIpc) is 3.34. The number of halogens is 1. The van der Waals surface area contributed by atoms with Gasteiger partial charge in [0.05, 0.1) is 22.6 Å². The molecule has 0 spiro atoms. The first-order chi connectivity index (χ1) is 16.3. The minimum Gasteiger partial charge on any atom is -0.393 e. The third-order valence-electron chi connectivity index (χ3n) is 7.19. The van der Waals surface area contributed by atoms with Crippen molar-refractivity contribution in [1.29, 1.82) is 0 Å². The van der Waals surface area contributed by atoms with Crippen molar-refractivity contribution in [3.8, 4) is 0 Å². The predicted molar refractivity (Wildman–Crippen MR) is 136 cm³/mol. The van der Waals surface area contributed by atoms with Gasteiger partial charge in [0.15, 0.2) is 0 Å². The Labute approximate surface area is 209 Å². The Kier molecular flexibility index (Phi) is 6.46. The Morgan fingerprint density at radius 3 is 2.85 bits per heavy atom. The number of hydrogen-bond donors (Lipinski definition) is 2. The summed E-state index contributed by atoms with van der Waals surface area (Å²) in [6.45, 7) is 5.07. The van der Waals surface area contributed by atoms with Gasteiger partial charge in [-0.15, -0.1) is 11.3 Å². The molecule has 34 heavy (non-hydrogen) atoms. The fraction of sp³-hybridized carbons (Fsp3) is 0.423. The van der Waals surface area contributed by atoms with Gasteiger partial charge in [0.25, 0.3) is 0 Å². The average molecular weight is 497 g/mol. The van der Waals surface area contributed by atoms with Gasteiger partial charge in [-0.3, -0.25) is 9.69 Å². The lowest BCUT2D eigenvalue weighted by atomic mass is 9.88. The molecule has 5 rings (SSSR count). The SMILES string of the molecule is Cc1sc(C(=O)c2cncnc2N[C@@H]2C[C@@H](C)[C@@H](O)C2)cc1[C@@H]1c2cc(Cl)ccc2CCN1C. The molecule has 3 aromatic rings. The Balaban J connectivity index is 1.46. The fourth-order valence-corrected chi connectivity index (χ4v) is 6.46. The molecular weight excluding hydrogens is 468 g/mol. The molecule has 0 saturated heterocycles. The third kappa shape index (κ3) is 4.38. The molecule has 3 heterocycles. The van der Waals surface area contributed by atoms with E-state index in [1.165, 1.54) is 28.8 Å². The molecule has 178 valence electrons. The quantitative estimate of drug-likeness (QED) is 0.490. The molecule has 1 fully saturated rings. The lowest BCUT2D eigenvalue weighted by Gasteiger charge is -2.35. The number of benzene rings is 1. The van der Waals surface area contributed by atoms with Crippen molar-refractivity contribution in [2.24, 2.45) is 5.92 Å². The standard InChI is InChI=1S/C26H29ClN4O2S/c1-14-8-18(10-22(14)32)30-26-21(12-28-13-29-26)25(33)23-11-19(15(2)34-23)24-20-9-17(27)5-4-16(20)6-7-31(24)3/h4-5,9,11-14,18,22,24,32H,6-8,10H2,1-3H3,(H,28,29,30)/t14-,18-,22+,24-/m1/s1. The van der Waals surface area contributed by atoms with Crippen LogP contribution in [0.3, 0.4) is 0 Å². The normalized spacial score (nSPS) is 24.7. The molecule has 1 aromatic carbocycles. The van der Waals surface area contributed by atoms with Crippen LogP contribution < -0.4 is 5.32 Å². The Hall–Kier alpha value is -2.32. The summed E-state index contributed by atoms with van der Waals surface area (Å²) in [4.78, 5) is 26.2. The summed E-state index contributed by atoms with van der Waals surface area (Å²) in [6, 6.07) is 8.30. The van der Waals surface area contributed by atoms with E-state index in [0.29, 0.717) is 22.7 Å². The Bertz CT molecular complexity index is 1220. The second kappa shape index (κ2) is 9.38. The molecule has 0 unspecified atom stereocenters. The minimum atomic E-state index is -0.329. The number of ketones is 1. The number of aryl methyl sites for hydroxylation is 1. The van der Waals surface area contributed by atoms with Crippen LogP contribution in [-0.2, 0) is 6.42 Å². The van der Waals surface area contributed by atoms with Crippen LogP contribution in [0.25, 0.3) is 0 Å². The van der Waals surface area contributed by atoms with Crippen LogP contribution in [0.2, 0.25) is 5.02 Å². The smallest absolute Gasteiger partial charge is 0.208 e. The van der Waals surface area contributed by atoms with Gasteiger partial charge in [-0.1, -0.05) is 24.6 Å². The zero-order valence-electron chi connectivity index (χ0n) is 19.6. The third-order valence-corrected chi connectivity index (χ3v) is 8.49. The van der Waals surface area contributed by atoms with Crippen molar-refractivity contribution in [2.75, 3.05) is 18.9 Å². The van der Waals surface area contributed by atoms with Gasteiger partial charge in [0.1, 0.15) is 12.1 Å². The van der Waals surface area contributed by atoms with E-state index >= 15 is 0 Å². The van der Waals surface area contributed by atoms with Gasteiger partial charge in [-0.2, -0.15) is 0 Å². The summed E-state index contributed by atoms with van der Waals surface area (Å²) in [5.74, 6) is 0.675. The zero-order chi connectivity index (χ0) is 24.0. The summed E-state index contributed by atoms with van der Waals surface area (Å²) < 4.78 is 0. The van der Waals surface area contributed by atoms with Crippen molar-refractivity contribution in [3.05, 3.63) is 73.8 Å². The van der Waals surface area contributed by atoms with Crippen molar-refractivity contribution in [3.63, 3.8) is 0 Å². The highest BCUT2D eigenvalue weighted by atomic mass is 35.5. The van der Waals surface area contributed by atoms with Crippen LogP contribution in [0.4, 0.5) is 5.82 Å². The van der Waals surface area contributed by atoms with Crippen LogP contribution in [0.1, 0.15) is 62.6 Å². The maximum absolute atomic E-state index is 13.6. The number of aliphatic hydroxyl groups is 1. The summed E-state index contributed by atoms with van der Waals surface area (Å²) in [7, 11) is 2.12. The molecule has 0 bridgehead atoms. The number of aliphatic hydroxyl groups excluding tert-OH is 1. The van der Waals surface area contributed by atoms with Crippen molar-refractivity contribution in [2.45, 2.75) is 51.3 Å². The molecule has 2 aromatic heterocycles. The lowest BCUT2D eigenvalue weighted by Crippen LogP contribution is -2.33. The van der Waals surface area contributed by atoms with E-state index in [-0.39, 0.29) is 29.9 Å². The van der Waals surface area contributed by atoms with E-state index in [2.05, 4.69) is 46.3 Å². The summed E-state index contributed by atoms with van der Waals surface area (Å²) in [6.07, 6.45) is 5.19. The second-order valence-corrected chi connectivity index (χ2v) is 11.3. The molecule has 2 aliphatic rings. The first kappa shape index (κ1) is 23.4. The summed E-state index contributed by atoms with van der Waals surface area (Å²) in [5, 5.41) is 14.2. The number of nitrogens with one attached hydrogen (secondary N) is 1. The molecule has 1 saturated carbocycles. The number of fused-ring (bicyclic) bond motifs is 1. The number of rotatable bonds is 5. The molecule has 0 radical (unpaired) electrons. The maximum Gasteiger partial charge on any atom is 0.208 e. The number of nitrogens with zero attached hydrogens (tertiary/aromatic N) is 3. The zero-order valence-corrected chi connectivity index (χ0v) is 21.2. The summed E-state index contributed by atoms with van der Waals surface area (Å²) >= 11 is 7.86. The van der Waals surface area contributed by atoms with Crippen molar-refractivity contribution < 1.29 is 9.90 Å². The number of aromatic nitrogens is 2. The highest BCUT2D eigenvalue weighted by Gasteiger charge is 2.32. The first-order valence-electron chi connectivity index (χ1n) is 11.7. The number of thiophene rings is 1. The van der Waals surface area contributed by atoms with Crippen LogP contribution >= 0.6 is 22.9 Å². The van der Waals surface area contributed by atoms with E-state index < -0.39 is 0 Å². The van der Waals surface area contributed by atoms with Crippen LogP contribution in [0, 0.1) is 12.8 Å². The fourth-order valence-electron chi connectivity index (χ4n) is 5.28. The predicted octanol–water partition coefficient (Wildman–Crippen LogP) is 4.88. The monoisotopic (exact) mass is 496 g/mol. The minimum absolute atomic E-state index is 0.0614. The molecule has 2 N–H and O–H groups in total. The number of anilines is 1. The number of likely N-dealkylation sites (N-methyl/N-ethyl adjacent to an activating group) is 1. The largest absolute Gasteiger partial charge is 0.393 e. The topological polar surface area (TPSA) is 78.3 Å². The van der Waals surface area contributed by atoms with Gasteiger partial charge in [0.2, 0.25) is 5.78 Å². The van der Waals surface area contributed by atoms with E-state index in [0.717, 1.165) is 34.8 Å². The van der Waals surface area contributed by atoms with Crippen molar-refractivity contribution in [1.82, 2.24) is 14.9 Å². The number of carbonyl (C=O) groups is 1. The highest BCUT2D eigenvalue weighted by Crippen LogP contribution is 2.40. The van der Waals surface area contributed by atoms with Gasteiger partial charge in [-0.05, 0) is 74.0 Å². The first-order valence-corrected chi connectivity index (χ1v) is 12.9. The van der Waals surface area contributed by atoms with Crippen molar-refractivity contribution >= 4 is 34.5 Å². The highest BCUT2D eigenvalue weighted by molar-refractivity contribution is 7.14. The maximum atomic E-state index is 13.6. The van der Waals surface area contributed by atoms with E-state index in [1.807, 2.05) is 19.1 Å². The van der Waals surface area contributed by atoms with Crippen LogP contribution in [0.5, 0.6) is 0 Å². The van der Waals surface area contributed by atoms with Crippen LogP contribution in [0.15, 0.2) is 36.8 Å². The van der Waals surface area contributed by atoms with Gasteiger partial charge < -0.3 is 10.4 Å². The molecular formula is C26H29ClN4O2S. The molecule has 1 aliphatic heterocycles. The molecule has 4 atom stereocenters. The van der Waals surface area contributed by atoms with E-state index in [4.69, 9.17) is 11.6 Å². The van der Waals surface area contributed by atoms with Gasteiger partial charge in [0, 0.05) is 28.7 Å². The Morgan fingerprint density at radius 2 is 2.09 bits per heavy atom. The van der Waals surface area contributed by atoms with Gasteiger partial charge >= 0.3 is 0 Å². The number of hydrogen-bond acceptors (Lipinski definition) is 7. The lowest BCUT2D eigenvalue weighted by molar-refractivity contribution is 0.104. The number of carbonyl (C=O) groups excluding carboxylic acids is 1. The second-order valence-electron chi connectivity index (χ2n) is 9.57.